The molecule has 0 bridgehead atoms. The van der Waals surface area contributed by atoms with E-state index in [2.05, 4.69) is 5.32 Å². The number of nitrogens with one attached hydrogen (secondary N) is 1. The van der Waals surface area contributed by atoms with Crippen molar-refractivity contribution >= 4 is 12.2 Å². The Bertz CT molecular complexity index is 1000. The third-order valence-electron chi connectivity index (χ3n) is 6.55. The van der Waals surface area contributed by atoms with Crippen LogP contribution in [0.3, 0.4) is 0 Å². The summed E-state index contributed by atoms with van der Waals surface area (Å²) in [5, 5.41) is 14.1. The highest BCUT2D eigenvalue weighted by molar-refractivity contribution is 5.69. The van der Waals surface area contributed by atoms with Gasteiger partial charge in [0.15, 0.2) is 6.29 Å². The van der Waals surface area contributed by atoms with Gasteiger partial charge >= 0.3 is 12.2 Å². The summed E-state index contributed by atoms with van der Waals surface area (Å²) >= 11 is 0. The van der Waals surface area contributed by atoms with Crippen LogP contribution in [0.4, 0.5) is 9.59 Å². The number of carbonyl (C=O) groups is 2. The number of amides is 2. The molecule has 1 fully saturated rings. The lowest BCUT2D eigenvalue weighted by molar-refractivity contribution is -0.124. The molecular formula is C30H42N2O7. The molecule has 2 aromatic rings. The first kappa shape index (κ1) is 30.4. The molecule has 0 radical (unpaired) electrons. The van der Waals surface area contributed by atoms with Crippen LogP contribution in [0.2, 0.25) is 0 Å². The molecule has 0 spiro atoms. The minimum atomic E-state index is -1.07. The minimum absolute atomic E-state index is 0.0149. The molecule has 9 nitrogen and oxygen atoms in total. The second-order valence-electron chi connectivity index (χ2n) is 10.3. The highest BCUT2D eigenvalue weighted by atomic mass is 16.7. The zero-order chi connectivity index (χ0) is 28.2. The van der Waals surface area contributed by atoms with E-state index in [-0.39, 0.29) is 31.6 Å². The van der Waals surface area contributed by atoms with E-state index in [4.69, 9.17) is 18.9 Å². The van der Waals surface area contributed by atoms with Gasteiger partial charge in [-0.1, -0.05) is 81.4 Å². The van der Waals surface area contributed by atoms with Crippen LogP contribution in [-0.2, 0) is 32.0 Å². The molecule has 2 N–H and O–H groups in total. The number of hydrogen-bond donors (Lipinski definition) is 2. The number of nitrogens with zero attached hydrogens (tertiary/aromatic N) is 1. The fourth-order valence-corrected chi connectivity index (χ4v) is 4.48. The third kappa shape index (κ3) is 9.84. The van der Waals surface area contributed by atoms with Crippen LogP contribution in [0, 0.1) is 11.8 Å². The van der Waals surface area contributed by atoms with Gasteiger partial charge in [-0.2, -0.15) is 0 Å². The Balaban J connectivity index is 1.67. The lowest BCUT2D eigenvalue weighted by Gasteiger charge is -2.31. The summed E-state index contributed by atoms with van der Waals surface area (Å²) in [6, 6.07) is 18.3. The number of aliphatic hydroxyl groups is 1. The van der Waals surface area contributed by atoms with E-state index in [0.29, 0.717) is 19.6 Å². The first-order chi connectivity index (χ1) is 18.8. The summed E-state index contributed by atoms with van der Waals surface area (Å²) in [7, 11) is 0. The van der Waals surface area contributed by atoms with E-state index in [1.165, 1.54) is 4.90 Å². The van der Waals surface area contributed by atoms with Crippen LogP contribution >= 0.6 is 0 Å². The van der Waals surface area contributed by atoms with Gasteiger partial charge in [0, 0.05) is 19.1 Å². The van der Waals surface area contributed by atoms with Gasteiger partial charge in [-0.15, -0.1) is 0 Å². The largest absolute Gasteiger partial charge is 0.445 e. The zero-order valence-electron chi connectivity index (χ0n) is 23.3. The average Bonchev–Trinajstić information content (AvgIpc) is 3.26. The fraction of sp³-hybridized carbons (Fsp3) is 0.533. The highest BCUT2D eigenvalue weighted by Crippen LogP contribution is 2.24. The maximum absolute atomic E-state index is 13.0. The van der Waals surface area contributed by atoms with E-state index in [0.717, 1.165) is 11.1 Å². The molecule has 39 heavy (non-hydrogen) atoms. The van der Waals surface area contributed by atoms with Crippen LogP contribution in [0.1, 0.15) is 38.8 Å². The van der Waals surface area contributed by atoms with Gasteiger partial charge in [-0.05, 0) is 30.4 Å². The van der Waals surface area contributed by atoms with E-state index in [1.54, 1.807) is 0 Å². The number of benzene rings is 2. The quantitative estimate of drug-likeness (QED) is 0.387. The first-order valence-electron chi connectivity index (χ1n) is 13.6. The molecule has 0 aromatic heterocycles. The molecule has 0 unspecified atom stereocenters. The van der Waals surface area contributed by atoms with E-state index in [9.17, 15) is 14.7 Å². The summed E-state index contributed by atoms with van der Waals surface area (Å²) in [6.45, 7) is 9.01. The lowest BCUT2D eigenvalue weighted by Crippen LogP contribution is -2.52. The summed E-state index contributed by atoms with van der Waals surface area (Å²) in [4.78, 5) is 27.4. The summed E-state index contributed by atoms with van der Waals surface area (Å²) in [5.74, 6) is 0.0169. The van der Waals surface area contributed by atoms with Gasteiger partial charge < -0.3 is 34.3 Å². The van der Waals surface area contributed by atoms with E-state index in [1.807, 2.05) is 88.4 Å². The van der Waals surface area contributed by atoms with Crippen molar-refractivity contribution in [1.82, 2.24) is 10.2 Å². The van der Waals surface area contributed by atoms with Gasteiger partial charge in [0.2, 0.25) is 0 Å². The van der Waals surface area contributed by atoms with Crippen molar-refractivity contribution in [2.45, 2.75) is 65.3 Å². The van der Waals surface area contributed by atoms with Crippen LogP contribution in [0.5, 0.6) is 0 Å². The SMILES string of the molecule is CCO[C@@H]1OC[C@H](OC(=O)N[C@@H](Cc2ccccc2)[C@H](O)CN(CC(C)C)C(=O)OCc2ccccc2)[C@@H]1C. The Labute approximate surface area is 231 Å². The molecule has 1 saturated heterocycles. The minimum Gasteiger partial charge on any atom is -0.445 e. The summed E-state index contributed by atoms with van der Waals surface area (Å²) < 4.78 is 22.3. The molecular weight excluding hydrogens is 500 g/mol. The molecule has 214 valence electrons. The first-order valence-corrected chi connectivity index (χ1v) is 13.6. The Kier molecular flexibility index (Phi) is 12.0. The number of ether oxygens (including phenoxy) is 4. The van der Waals surface area contributed by atoms with E-state index < -0.39 is 36.7 Å². The molecule has 9 heteroatoms. The van der Waals surface area contributed by atoms with Crippen molar-refractivity contribution in [3.05, 3.63) is 71.8 Å². The van der Waals surface area contributed by atoms with E-state index >= 15 is 0 Å². The molecule has 0 aliphatic carbocycles. The Morgan fingerprint density at radius 1 is 1.05 bits per heavy atom. The number of rotatable bonds is 13. The molecule has 0 saturated carbocycles. The van der Waals surface area contributed by atoms with Crippen LogP contribution < -0.4 is 5.32 Å². The van der Waals surface area contributed by atoms with Crippen LogP contribution in [0.15, 0.2) is 60.7 Å². The predicted octanol–water partition coefficient (Wildman–Crippen LogP) is 4.38. The highest BCUT2D eigenvalue weighted by Gasteiger charge is 2.38. The van der Waals surface area contributed by atoms with Gasteiger partial charge in [0.25, 0.3) is 0 Å². The molecule has 2 amide bonds. The van der Waals surface area contributed by atoms with Gasteiger partial charge in [-0.25, -0.2) is 9.59 Å². The number of carbonyl (C=O) groups excluding carboxylic acids is 2. The molecule has 1 aliphatic rings. The predicted molar refractivity (Wildman–Crippen MR) is 147 cm³/mol. The van der Waals surface area contributed by atoms with Gasteiger partial charge in [-0.3, -0.25) is 0 Å². The standard InChI is InChI=1S/C30H42N2O7/c1-5-36-28-22(4)27(20-37-28)39-29(34)31-25(16-23-12-8-6-9-13-23)26(33)18-32(17-21(2)3)30(35)38-19-24-14-10-7-11-15-24/h6-15,21-22,25-28,33H,5,16-20H2,1-4H3,(H,31,34)/t22-,25-,26+,27-,28+/m0/s1. The topological polar surface area (TPSA) is 107 Å². The fourth-order valence-electron chi connectivity index (χ4n) is 4.48. The second-order valence-corrected chi connectivity index (χ2v) is 10.3. The normalized spacial score (nSPS) is 20.3. The molecule has 1 heterocycles. The molecule has 3 rings (SSSR count). The monoisotopic (exact) mass is 542 g/mol. The maximum atomic E-state index is 13.0. The van der Waals surface area contributed by atoms with Crippen molar-refractivity contribution in [1.29, 1.82) is 0 Å². The van der Waals surface area contributed by atoms with Gasteiger partial charge in [0.05, 0.1) is 25.3 Å². The molecule has 5 atom stereocenters. The van der Waals surface area contributed by atoms with Crippen molar-refractivity contribution in [3.63, 3.8) is 0 Å². The third-order valence-corrected chi connectivity index (χ3v) is 6.55. The van der Waals surface area contributed by atoms with Gasteiger partial charge in [0.1, 0.15) is 12.7 Å². The number of aliphatic hydroxyl groups excluding tert-OH is 1. The van der Waals surface area contributed by atoms with Crippen LogP contribution in [0.25, 0.3) is 0 Å². The Morgan fingerprint density at radius 3 is 2.31 bits per heavy atom. The second kappa shape index (κ2) is 15.5. The average molecular weight is 543 g/mol. The van der Waals surface area contributed by atoms with Crippen molar-refractivity contribution in [3.8, 4) is 0 Å². The Morgan fingerprint density at radius 2 is 1.69 bits per heavy atom. The zero-order valence-corrected chi connectivity index (χ0v) is 23.3. The van der Waals surface area contributed by atoms with Crippen molar-refractivity contribution in [2.75, 3.05) is 26.3 Å². The molecule has 2 aromatic carbocycles. The Hall–Kier alpha value is -3.14. The lowest BCUT2D eigenvalue weighted by atomic mass is 10.0. The number of hydrogen-bond acceptors (Lipinski definition) is 7. The number of alkyl carbamates (subject to hydrolysis) is 1. The maximum Gasteiger partial charge on any atom is 0.410 e. The van der Waals surface area contributed by atoms with Crippen molar-refractivity contribution in [2.24, 2.45) is 11.8 Å². The van der Waals surface area contributed by atoms with Crippen LogP contribution in [-0.4, -0.2) is 73.0 Å². The summed E-state index contributed by atoms with van der Waals surface area (Å²) in [5.41, 5.74) is 1.80. The summed E-state index contributed by atoms with van der Waals surface area (Å²) in [6.07, 6.45) is -2.80. The van der Waals surface area contributed by atoms with Crippen molar-refractivity contribution < 1.29 is 33.6 Å². The molecule has 1 aliphatic heterocycles. The smallest absolute Gasteiger partial charge is 0.410 e.